The second-order valence-electron chi connectivity index (χ2n) is 6.34. The van der Waals surface area contributed by atoms with Crippen LogP contribution in [0.3, 0.4) is 0 Å². The van der Waals surface area contributed by atoms with Crippen LogP contribution in [0.4, 0.5) is 10.5 Å². The smallest absolute Gasteiger partial charge is 0.319 e. The molecule has 0 aliphatic carbocycles. The molecule has 1 aliphatic rings. The summed E-state index contributed by atoms with van der Waals surface area (Å²) in [7, 11) is 0.797. The predicted octanol–water partition coefficient (Wildman–Crippen LogP) is 0.287. The standard InChI is InChI=1S/C16H24N4O4S/c1-20(2)8-7-17-15(21)12-4-3-5-13(10-12)18-16(22)19-14-6-9-25(23,24)11-14/h3-5,10,14H,6-9,11H2,1-2H3,(H,17,21)(H2,18,19,22). The second kappa shape index (κ2) is 8.30. The van der Waals surface area contributed by atoms with Crippen LogP contribution < -0.4 is 16.0 Å². The molecule has 0 saturated carbocycles. The normalized spacial score (nSPS) is 18.8. The largest absolute Gasteiger partial charge is 0.351 e. The number of nitrogens with one attached hydrogen (secondary N) is 3. The van der Waals surface area contributed by atoms with Gasteiger partial charge in [0, 0.05) is 30.4 Å². The van der Waals surface area contributed by atoms with E-state index in [9.17, 15) is 18.0 Å². The summed E-state index contributed by atoms with van der Waals surface area (Å²) < 4.78 is 22.8. The first-order valence-corrected chi connectivity index (χ1v) is 9.88. The highest BCUT2D eigenvalue weighted by Crippen LogP contribution is 2.13. The quantitative estimate of drug-likeness (QED) is 0.669. The van der Waals surface area contributed by atoms with E-state index < -0.39 is 15.9 Å². The molecule has 1 aliphatic heterocycles. The third-order valence-electron chi connectivity index (χ3n) is 3.79. The van der Waals surface area contributed by atoms with Crippen LogP contribution in [-0.4, -0.2) is 70.0 Å². The molecule has 3 N–H and O–H groups in total. The fraction of sp³-hybridized carbons (Fsp3) is 0.500. The monoisotopic (exact) mass is 368 g/mol. The summed E-state index contributed by atoms with van der Waals surface area (Å²) in [5.74, 6) is -0.150. The Morgan fingerprint density at radius 3 is 2.68 bits per heavy atom. The topological polar surface area (TPSA) is 108 Å². The summed E-state index contributed by atoms with van der Waals surface area (Å²) in [6.07, 6.45) is 0.421. The van der Waals surface area contributed by atoms with Crippen molar-refractivity contribution in [3.05, 3.63) is 29.8 Å². The first-order valence-electron chi connectivity index (χ1n) is 8.06. The molecule has 25 heavy (non-hydrogen) atoms. The Morgan fingerprint density at radius 2 is 2.04 bits per heavy atom. The van der Waals surface area contributed by atoms with E-state index in [0.717, 1.165) is 6.54 Å². The Balaban J connectivity index is 1.88. The van der Waals surface area contributed by atoms with Crippen molar-refractivity contribution in [1.29, 1.82) is 0 Å². The molecule has 0 bridgehead atoms. The molecule has 9 heteroatoms. The van der Waals surface area contributed by atoms with Crippen molar-refractivity contribution in [1.82, 2.24) is 15.5 Å². The number of likely N-dealkylation sites (N-methyl/N-ethyl adjacent to an activating group) is 1. The van der Waals surface area contributed by atoms with E-state index in [4.69, 9.17) is 0 Å². The molecule has 1 aromatic rings. The summed E-state index contributed by atoms with van der Waals surface area (Å²) in [6.45, 7) is 1.26. The van der Waals surface area contributed by atoms with Crippen molar-refractivity contribution in [2.45, 2.75) is 12.5 Å². The summed E-state index contributed by atoms with van der Waals surface area (Å²) in [5.41, 5.74) is 0.915. The molecule has 1 saturated heterocycles. The highest BCUT2D eigenvalue weighted by atomic mass is 32.2. The van der Waals surface area contributed by atoms with Crippen molar-refractivity contribution in [2.75, 3.05) is 44.0 Å². The zero-order chi connectivity index (χ0) is 18.4. The van der Waals surface area contributed by atoms with Crippen molar-refractivity contribution in [3.8, 4) is 0 Å². The van der Waals surface area contributed by atoms with Crippen molar-refractivity contribution in [3.63, 3.8) is 0 Å². The number of rotatable bonds is 6. The first-order chi connectivity index (χ1) is 11.7. The van der Waals surface area contributed by atoms with Crippen LogP contribution in [0.15, 0.2) is 24.3 Å². The Labute approximate surface area is 147 Å². The number of benzene rings is 1. The number of hydrogen-bond acceptors (Lipinski definition) is 5. The highest BCUT2D eigenvalue weighted by molar-refractivity contribution is 7.91. The van der Waals surface area contributed by atoms with Gasteiger partial charge in [0.15, 0.2) is 9.84 Å². The number of nitrogens with zero attached hydrogens (tertiary/aromatic N) is 1. The maximum Gasteiger partial charge on any atom is 0.319 e. The zero-order valence-electron chi connectivity index (χ0n) is 14.4. The summed E-state index contributed by atoms with van der Waals surface area (Å²) in [5, 5.41) is 8.08. The minimum Gasteiger partial charge on any atom is -0.351 e. The SMILES string of the molecule is CN(C)CCNC(=O)c1cccc(NC(=O)NC2CCS(=O)(=O)C2)c1. The van der Waals surface area contributed by atoms with Crippen LogP contribution in [0.5, 0.6) is 0 Å². The van der Waals surface area contributed by atoms with Gasteiger partial charge in [0.1, 0.15) is 0 Å². The molecule has 0 spiro atoms. The van der Waals surface area contributed by atoms with E-state index in [1.807, 2.05) is 19.0 Å². The molecule has 0 radical (unpaired) electrons. The van der Waals surface area contributed by atoms with E-state index in [2.05, 4.69) is 16.0 Å². The minimum absolute atomic E-state index is 0.0330. The minimum atomic E-state index is -3.05. The lowest BCUT2D eigenvalue weighted by Crippen LogP contribution is -2.38. The number of sulfone groups is 1. The van der Waals surface area contributed by atoms with Crippen LogP contribution in [-0.2, 0) is 9.84 Å². The number of carbonyl (C=O) groups excluding carboxylic acids is 2. The molecule has 0 aromatic heterocycles. The highest BCUT2D eigenvalue weighted by Gasteiger charge is 2.28. The molecule has 8 nitrogen and oxygen atoms in total. The lowest BCUT2D eigenvalue weighted by atomic mass is 10.2. The van der Waals surface area contributed by atoms with Gasteiger partial charge in [-0.3, -0.25) is 4.79 Å². The van der Waals surface area contributed by atoms with Gasteiger partial charge in [-0.2, -0.15) is 0 Å². The molecule has 1 heterocycles. The van der Waals surface area contributed by atoms with Gasteiger partial charge in [0.25, 0.3) is 5.91 Å². The van der Waals surface area contributed by atoms with Crippen LogP contribution in [0.2, 0.25) is 0 Å². The Hall–Kier alpha value is -2.13. The molecule has 138 valence electrons. The summed E-state index contributed by atoms with van der Waals surface area (Å²) in [4.78, 5) is 26.0. The molecule has 1 fully saturated rings. The van der Waals surface area contributed by atoms with E-state index in [1.165, 1.54) is 0 Å². The number of hydrogen-bond donors (Lipinski definition) is 3. The van der Waals surface area contributed by atoms with Gasteiger partial charge in [-0.15, -0.1) is 0 Å². The maximum absolute atomic E-state index is 12.1. The fourth-order valence-electron chi connectivity index (χ4n) is 2.49. The van der Waals surface area contributed by atoms with Crippen LogP contribution in [0.25, 0.3) is 0 Å². The van der Waals surface area contributed by atoms with Crippen LogP contribution >= 0.6 is 0 Å². The van der Waals surface area contributed by atoms with Gasteiger partial charge in [0.2, 0.25) is 0 Å². The molecule has 1 atom stereocenters. The van der Waals surface area contributed by atoms with Crippen molar-refractivity contribution in [2.24, 2.45) is 0 Å². The fourth-order valence-corrected chi connectivity index (χ4v) is 4.17. The molecular formula is C16H24N4O4S. The third-order valence-corrected chi connectivity index (χ3v) is 5.56. The van der Waals surface area contributed by atoms with E-state index in [1.54, 1.807) is 24.3 Å². The molecule has 1 aromatic carbocycles. The van der Waals surface area contributed by atoms with Gasteiger partial charge in [-0.25, -0.2) is 13.2 Å². The maximum atomic E-state index is 12.1. The molecular weight excluding hydrogens is 344 g/mol. The van der Waals surface area contributed by atoms with Crippen LogP contribution in [0.1, 0.15) is 16.8 Å². The average Bonchev–Trinajstić information content (AvgIpc) is 2.85. The Bertz CT molecular complexity index is 733. The van der Waals surface area contributed by atoms with E-state index >= 15 is 0 Å². The number of anilines is 1. The molecule has 3 amide bonds. The molecule has 1 unspecified atom stereocenters. The van der Waals surface area contributed by atoms with Gasteiger partial charge in [0.05, 0.1) is 11.5 Å². The predicted molar refractivity (Wildman–Crippen MR) is 96.5 cm³/mol. The average molecular weight is 368 g/mol. The Morgan fingerprint density at radius 1 is 1.28 bits per heavy atom. The third kappa shape index (κ3) is 6.35. The van der Waals surface area contributed by atoms with Crippen molar-refractivity contribution >= 4 is 27.5 Å². The number of urea groups is 1. The number of amides is 3. The summed E-state index contributed by atoms with van der Waals surface area (Å²) >= 11 is 0. The van der Waals surface area contributed by atoms with Crippen LogP contribution in [0, 0.1) is 0 Å². The summed E-state index contributed by atoms with van der Waals surface area (Å²) in [6, 6.07) is 5.74. The number of carbonyl (C=O) groups is 2. The van der Waals surface area contributed by atoms with Gasteiger partial charge in [-0.05, 0) is 38.7 Å². The lowest BCUT2D eigenvalue weighted by molar-refractivity contribution is 0.0951. The molecule has 2 rings (SSSR count). The zero-order valence-corrected chi connectivity index (χ0v) is 15.2. The first kappa shape index (κ1) is 19.2. The van der Waals surface area contributed by atoms with E-state index in [-0.39, 0.29) is 23.5 Å². The van der Waals surface area contributed by atoms with Gasteiger partial charge < -0.3 is 20.9 Å². The second-order valence-corrected chi connectivity index (χ2v) is 8.57. The van der Waals surface area contributed by atoms with Gasteiger partial charge in [-0.1, -0.05) is 6.07 Å². The van der Waals surface area contributed by atoms with Gasteiger partial charge >= 0.3 is 6.03 Å². The Kier molecular flexibility index (Phi) is 6.38. The van der Waals surface area contributed by atoms with Crippen molar-refractivity contribution < 1.29 is 18.0 Å². The van der Waals surface area contributed by atoms with E-state index in [0.29, 0.717) is 24.2 Å². The lowest BCUT2D eigenvalue weighted by Gasteiger charge is -2.13.